The minimum Gasteiger partial charge on any atom is -0.342 e. The average Bonchev–Trinajstić information content (AvgIpc) is 2.36. The van der Waals surface area contributed by atoms with E-state index in [1.54, 1.807) is 0 Å². The van der Waals surface area contributed by atoms with Gasteiger partial charge in [-0.05, 0) is 27.7 Å². The minimum atomic E-state index is -0.568. The average molecular weight is 214 g/mol. The lowest BCUT2D eigenvalue weighted by Crippen LogP contribution is -2.43. The van der Waals surface area contributed by atoms with Crippen LogP contribution in [0.2, 0.25) is 0 Å². The molecule has 2 heterocycles. The Hall–Kier alpha value is -0.810. The van der Waals surface area contributed by atoms with Gasteiger partial charge in [-0.15, -0.1) is 0 Å². The molecule has 86 valence electrons. The number of urea groups is 1. The van der Waals surface area contributed by atoms with Crippen molar-refractivity contribution in [3.05, 3.63) is 0 Å². The first-order chi connectivity index (χ1) is 6.89. The van der Waals surface area contributed by atoms with Crippen LogP contribution in [0.3, 0.4) is 0 Å². The summed E-state index contributed by atoms with van der Waals surface area (Å²) in [6.45, 7) is 7.64. The van der Waals surface area contributed by atoms with Gasteiger partial charge >= 0.3 is 6.03 Å². The number of carbonyl (C=O) groups is 1. The van der Waals surface area contributed by atoms with Crippen molar-refractivity contribution in [3.63, 3.8) is 0 Å². The molecule has 0 aromatic heterocycles. The van der Waals surface area contributed by atoms with Crippen LogP contribution in [-0.4, -0.2) is 36.1 Å². The highest BCUT2D eigenvalue weighted by atomic mass is 16.8. The molecule has 2 N–H and O–H groups in total. The van der Waals surface area contributed by atoms with E-state index in [-0.39, 0.29) is 30.3 Å². The first kappa shape index (κ1) is 10.7. The molecule has 0 aromatic carbocycles. The molecule has 4 atom stereocenters. The first-order valence-corrected chi connectivity index (χ1v) is 5.32. The highest BCUT2D eigenvalue weighted by molar-refractivity contribution is 5.75. The molecule has 2 saturated heterocycles. The van der Waals surface area contributed by atoms with Crippen molar-refractivity contribution in [1.29, 1.82) is 0 Å². The molecular weight excluding hydrogens is 196 g/mol. The summed E-state index contributed by atoms with van der Waals surface area (Å²) in [5, 5.41) is 5.65. The Morgan fingerprint density at radius 1 is 1.07 bits per heavy atom. The zero-order valence-corrected chi connectivity index (χ0v) is 9.53. The zero-order chi connectivity index (χ0) is 11.2. The summed E-state index contributed by atoms with van der Waals surface area (Å²) < 4.78 is 11.6. The largest absolute Gasteiger partial charge is 0.342 e. The normalized spacial score (nSPS) is 43.9. The van der Waals surface area contributed by atoms with Gasteiger partial charge in [0.2, 0.25) is 0 Å². The highest BCUT2D eigenvalue weighted by Crippen LogP contribution is 2.32. The molecular formula is C10H18N2O3. The summed E-state index contributed by atoms with van der Waals surface area (Å²) in [4.78, 5) is 11.4. The van der Waals surface area contributed by atoms with E-state index in [2.05, 4.69) is 10.6 Å². The van der Waals surface area contributed by atoms with Gasteiger partial charge in [0.25, 0.3) is 0 Å². The lowest BCUT2D eigenvalue weighted by atomic mass is 10.0. The van der Waals surface area contributed by atoms with Crippen LogP contribution in [0.25, 0.3) is 0 Å². The van der Waals surface area contributed by atoms with E-state index < -0.39 is 5.79 Å². The number of hydrogen-bond donors (Lipinski definition) is 2. The maximum Gasteiger partial charge on any atom is 0.315 e. The van der Waals surface area contributed by atoms with Gasteiger partial charge in [0, 0.05) is 0 Å². The molecule has 5 nitrogen and oxygen atoms in total. The third kappa shape index (κ3) is 1.94. The predicted molar refractivity (Wildman–Crippen MR) is 54.4 cm³/mol. The fourth-order valence-corrected chi connectivity index (χ4v) is 2.21. The van der Waals surface area contributed by atoms with Crippen LogP contribution in [0.1, 0.15) is 27.7 Å². The molecule has 5 heteroatoms. The van der Waals surface area contributed by atoms with E-state index >= 15 is 0 Å². The van der Waals surface area contributed by atoms with Crippen LogP contribution in [0.4, 0.5) is 4.79 Å². The van der Waals surface area contributed by atoms with E-state index in [1.807, 2.05) is 27.7 Å². The van der Waals surface area contributed by atoms with Crippen molar-refractivity contribution >= 4 is 6.03 Å². The van der Waals surface area contributed by atoms with Crippen molar-refractivity contribution in [2.24, 2.45) is 0 Å². The van der Waals surface area contributed by atoms with Crippen molar-refractivity contribution in [3.8, 4) is 0 Å². The molecule has 2 amide bonds. The molecule has 0 saturated carbocycles. The monoisotopic (exact) mass is 214 g/mol. The van der Waals surface area contributed by atoms with Crippen LogP contribution >= 0.6 is 0 Å². The lowest BCUT2D eigenvalue weighted by Gasteiger charge is -2.21. The Labute approximate surface area is 89.5 Å². The minimum absolute atomic E-state index is 0.0401. The van der Waals surface area contributed by atoms with E-state index in [1.165, 1.54) is 0 Å². The summed E-state index contributed by atoms with van der Waals surface area (Å²) in [6.07, 6.45) is -0.178. The summed E-state index contributed by atoms with van der Waals surface area (Å²) >= 11 is 0. The van der Waals surface area contributed by atoms with Crippen LogP contribution in [0, 0.1) is 0 Å². The summed E-state index contributed by atoms with van der Waals surface area (Å²) in [5.74, 6) is -0.568. The summed E-state index contributed by atoms with van der Waals surface area (Å²) in [6, 6.07) is -0.238. The SMILES string of the molecule is C[C@H]1NC(=O)N[C@H](C)[C@@H]2OC(C)(C)O[C@H]21. The van der Waals surface area contributed by atoms with Crippen molar-refractivity contribution in [2.75, 3.05) is 0 Å². The van der Waals surface area contributed by atoms with Crippen molar-refractivity contribution in [2.45, 2.75) is 57.8 Å². The van der Waals surface area contributed by atoms with Crippen molar-refractivity contribution in [1.82, 2.24) is 10.6 Å². The van der Waals surface area contributed by atoms with E-state index in [4.69, 9.17) is 9.47 Å². The molecule has 0 spiro atoms. The molecule has 2 aliphatic heterocycles. The molecule has 2 rings (SSSR count). The molecule has 2 fully saturated rings. The second-order valence-electron chi connectivity index (χ2n) is 4.76. The first-order valence-electron chi connectivity index (χ1n) is 5.32. The Balaban J connectivity index is 2.21. The molecule has 0 unspecified atom stereocenters. The van der Waals surface area contributed by atoms with Crippen LogP contribution in [0.5, 0.6) is 0 Å². The fourth-order valence-electron chi connectivity index (χ4n) is 2.21. The Kier molecular flexibility index (Phi) is 2.39. The number of ether oxygens (including phenoxy) is 2. The predicted octanol–water partition coefficient (Wildman–Crippen LogP) is 0.596. The molecule has 0 aliphatic carbocycles. The second-order valence-corrected chi connectivity index (χ2v) is 4.76. The van der Waals surface area contributed by atoms with Gasteiger partial charge in [-0.2, -0.15) is 0 Å². The topological polar surface area (TPSA) is 59.6 Å². The number of nitrogens with one attached hydrogen (secondary N) is 2. The molecule has 0 bridgehead atoms. The quantitative estimate of drug-likeness (QED) is 0.620. The molecule has 0 aromatic rings. The standard InChI is InChI=1S/C10H18N2O3/c1-5-7-8(15-10(3,4)14-7)6(2)12-9(13)11-5/h5-8H,1-4H3,(H2,11,12,13)/t5-,6-,7+,8+/m1/s1. The van der Waals surface area contributed by atoms with Gasteiger partial charge in [-0.3, -0.25) is 0 Å². The van der Waals surface area contributed by atoms with E-state index in [9.17, 15) is 4.79 Å². The van der Waals surface area contributed by atoms with Gasteiger partial charge in [0.1, 0.15) is 12.2 Å². The molecule has 0 radical (unpaired) electrons. The maximum absolute atomic E-state index is 11.4. The van der Waals surface area contributed by atoms with Crippen LogP contribution in [-0.2, 0) is 9.47 Å². The van der Waals surface area contributed by atoms with Gasteiger partial charge in [-0.25, -0.2) is 4.79 Å². The zero-order valence-electron chi connectivity index (χ0n) is 9.53. The van der Waals surface area contributed by atoms with Crippen LogP contribution < -0.4 is 10.6 Å². The van der Waals surface area contributed by atoms with Gasteiger partial charge in [0.05, 0.1) is 12.1 Å². The molecule has 15 heavy (non-hydrogen) atoms. The molecule has 2 aliphatic rings. The summed E-state index contributed by atoms with van der Waals surface area (Å²) in [7, 11) is 0. The Bertz CT molecular complexity index is 256. The highest BCUT2D eigenvalue weighted by Gasteiger charge is 2.48. The third-order valence-corrected chi connectivity index (χ3v) is 2.87. The maximum atomic E-state index is 11.4. The Morgan fingerprint density at radius 3 is 1.87 bits per heavy atom. The van der Waals surface area contributed by atoms with E-state index in [0.717, 1.165) is 0 Å². The fraction of sp³-hybridized carbons (Fsp3) is 0.900. The third-order valence-electron chi connectivity index (χ3n) is 2.87. The lowest BCUT2D eigenvalue weighted by molar-refractivity contribution is -0.150. The Morgan fingerprint density at radius 2 is 1.47 bits per heavy atom. The smallest absolute Gasteiger partial charge is 0.315 e. The van der Waals surface area contributed by atoms with Crippen LogP contribution in [0.15, 0.2) is 0 Å². The second kappa shape index (κ2) is 3.35. The number of carbonyl (C=O) groups excluding carboxylic acids is 1. The van der Waals surface area contributed by atoms with E-state index in [0.29, 0.717) is 0 Å². The van der Waals surface area contributed by atoms with Crippen molar-refractivity contribution < 1.29 is 14.3 Å². The number of rotatable bonds is 0. The number of hydrogen-bond acceptors (Lipinski definition) is 3. The van der Waals surface area contributed by atoms with Gasteiger partial charge in [0.15, 0.2) is 5.79 Å². The van der Waals surface area contributed by atoms with Gasteiger partial charge < -0.3 is 20.1 Å². The number of fused-ring (bicyclic) bond motifs is 1. The summed E-state index contributed by atoms with van der Waals surface area (Å²) in [5.41, 5.74) is 0. The number of amides is 2. The van der Waals surface area contributed by atoms with Gasteiger partial charge in [-0.1, -0.05) is 0 Å².